The first-order chi connectivity index (χ1) is 21.4. The number of ether oxygens (including phenoxy) is 5. The number of esters is 1. The first kappa shape index (κ1) is 34.3. The molecule has 0 bridgehead atoms. The average Bonchev–Trinajstić information content (AvgIpc) is 3.02. The Morgan fingerprint density at radius 1 is 0.733 bits per heavy atom. The van der Waals surface area contributed by atoms with Gasteiger partial charge in [-0.05, 0) is 47.9 Å². The fraction of sp³-hybridized carbons (Fsp3) is 0.483. The van der Waals surface area contributed by atoms with E-state index in [1.54, 1.807) is 0 Å². The Balaban J connectivity index is 1.53. The van der Waals surface area contributed by atoms with Crippen LogP contribution in [0.25, 0.3) is 6.08 Å². The Morgan fingerprint density at radius 2 is 1.38 bits per heavy atom. The smallest absolute Gasteiger partial charge is 0.331 e. The number of hydrogen-bond acceptors (Lipinski definition) is 16. The summed E-state index contributed by atoms with van der Waals surface area (Å²) in [6.45, 7) is -1.65. The van der Waals surface area contributed by atoms with E-state index < -0.39 is 86.3 Å². The molecule has 2 fully saturated rings. The van der Waals surface area contributed by atoms with Crippen LogP contribution in [0.3, 0.4) is 0 Å². The molecule has 2 aromatic rings. The van der Waals surface area contributed by atoms with E-state index in [4.69, 9.17) is 23.7 Å². The van der Waals surface area contributed by atoms with Crippen LogP contribution in [0.4, 0.5) is 0 Å². The van der Waals surface area contributed by atoms with Crippen LogP contribution in [0.5, 0.6) is 23.0 Å². The Morgan fingerprint density at radius 3 is 2.02 bits per heavy atom. The van der Waals surface area contributed by atoms with E-state index in [2.05, 4.69) is 0 Å². The molecule has 0 radical (unpaired) electrons. The summed E-state index contributed by atoms with van der Waals surface area (Å²) in [4.78, 5) is 12.8. The average molecular weight is 641 g/mol. The quantitative estimate of drug-likeness (QED) is 0.0720. The number of hydrogen-bond donors (Lipinski definition) is 10. The van der Waals surface area contributed by atoms with Crippen LogP contribution in [0.1, 0.15) is 11.1 Å². The molecule has 2 heterocycles. The molecule has 2 aliphatic heterocycles. The van der Waals surface area contributed by atoms with Gasteiger partial charge in [-0.3, -0.25) is 0 Å². The highest BCUT2D eigenvalue weighted by Gasteiger charge is 2.52. The Labute approximate surface area is 256 Å². The van der Waals surface area contributed by atoms with Gasteiger partial charge in [0.2, 0.25) is 0 Å². The molecule has 248 valence electrons. The summed E-state index contributed by atoms with van der Waals surface area (Å²) < 4.78 is 28.0. The van der Waals surface area contributed by atoms with Crippen LogP contribution in [0.15, 0.2) is 42.5 Å². The van der Waals surface area contributed by atoms with Gasteiger partial charge in [0.15, 0.2) is 41.7 Å². The predicted molar refractivity (Wildman–Crippen MR) is 149 cm³/mol. The molecule has 0 spiro atoms. The van der Waals surface area contributed by atoms with Gasteiger partial charge in [0.25, 0.3) is 0 Å². The van der Waals surface area contributed by atoms with Crippen molar-refractivity contribution in [3.05, 3.63) is 53.6 Å². The van der Waals surface area contributed by atoms with Crippen molar-refractivity contribution in [3.63, 3.8) is 0 Å². The maximum absolute atomic E-state index is 12.8. The molecule has 0 saturated carbocycles. The van der Waals surface area contributed by atoms with Crippen molar-refractivity contribution in [2.45, 2.75) is 67.8 Å². The van der Waals surface area contributed by atoms with Gasteiger partial charge in [0, 0.05) is 6.08 Å². The molecule has 0 aromatic heterocycles. The molecule has 10 N–H and O–H groups in total. The zero-order valence-electron chi connectivity index (χ0n) is 23.6. The van der Waals surface area contributed by atoms with Gasteiger partial charge in [0.1, 0.15) is 42.7 Å². The number of carbonyl (C=O) groups is 1. The monoisotopic (exact) mass is 640 g/mol. The lowest BCUT2D eigenvalue weighted by molar-refractivity contribution is -0.360. The lowest BCUT2D eigenvalue weighted by atomic mass is 9.96. The van der Waals surface area contributed by atoms with Crippen molar-refractivity contribution in [3.8, 4) is 23.0 Å². The highest BCUT2D eigenvalue weighted by atomic mass is 16.7. The molecule has 2 aliphatic rings. The summed E-state index contributed by atoms with van der Waals surface area (Å²) in [5.74, 6) is -2.50. The molecule has 2 aromatic carbocycles. The maximum Gasteiger partial charge on any atom is 0.331 e. The van der Waals surface area contributed by atoms with E-state index >= 15 is 0 Å². The zero-order chi connectivity index (χ0) is 32.8. The standard InChI is InChI=1S/C29H36O16/c30-11-19-22(37)23(38)24(39)29(42-19)45-27-25(40)28(41-8-7-14-2-5-16(33)18(35)10-14)43-20(12-31)26(27)44-21(36)6-3-13-1-4-15(32)17(34)9-13/h1-6,9-10,19-20,22-35,37-40H,7-8,11-12H2/t19-,20-,22-,23-,24-,25-,26-,27-,28-,29+/m1/s1. The van der Waals surface area contributed by atoms with Crippen LogP contribution in [0.2, 0.25) is 0 Å². The lowest BCUT2D eigenvalue weighted by Crippen LogP contribution is -2.65. The van der Waals surface area contributed by atoms with Gasteiger partial charge >= 0.3 is 5.97 Å². The predicted octanol–water partition coefficient (Wildman–Crippen LogP) is -2.04. The van der Waals surface area contributed by atoms with Gasteiger partial charge < -0.3 is 74.7 Å². The second-order valence-electron chi connectivity index (χ2n) is 10.4. The number of carbonyl (C=O) groups excluding carboxylic acids is 1. The summed E-state index contributed by atoms with van der Waals surface area (Å²) >= 11 is 0. The number of benzene rings is 2. The Bertz CT molecular complexity index is 1320. The van der Waals surface area contributed by atoms with E-state index in [-0.39, 0.29) is 30.3 Å². The van der Waals surface area contributed by atoms with Gasteiger partial charge in [-0.15, -0.1) is 0 Å². The minimum Gasteiger partial charge on any atom is -0.504 e. The third-order valence-corrected chi connectivity index (χ3v) is 7.31. The maximum atomic E-state index is 12.8. The van der Waals surface area contributed by atoms with Gasteiger partial charge in [-0.2, -0.15) is 0 Å². The van der Waals surface area contributed by atoms with Crippen molar-refractivity contribution in [2.24, 2.45) is 0 Å². The fourth-order valence-electron chi connectivity index (χ4n) is 4.81. The number of aliphatic hydroxyl groups is 6. The number of aliphatic hydroxyl groups excluding tert-OH is 6. The molecule has 16 heteroatoms. The highest BCUT2D eigenvalue weighted by Crippen LogP contribution is 2.32. The van der Waals surface area contributed by atoms with Gasteiger partial charge in [-0.1, -0.05) is 12.1 Å². The van der Waals surface area contributed by atoms with E-state index in [0.29, 0.717) is 11.1 Å². The minimum absolute atomic E-state index is 0.108. The first-order valence-corrected chi connectivity index (χ1v) is 13.9. The fourth-order valence-corrected chi connectivity index (χ4v) is 4.81. The van der Waals surface area contributed by atoms with Crippen LogP contribution in [-0.4, -0.2) is 138 Å². The number of phenols is 4. The van der Waals surface area contributed by atoms with E-state index in [0.717, 1.165) is 6.08 Å². The zero-order valence-corrected chi connectivity index (χ0v) is 23.6. The Hall–Kier alpha value is -3.55. The van der Waals surface area contributed by atoms with E-state index in [1.807, 2.05) is 0 Å². The molecule has 0 aliphatic carbocycles. The molecule has 16 nitrogen and oxygen atoms in total. The van der Waals surface area contributed by atoms with Gasteiger partial charge in [0.05, 0.1) is 19.8 Å². The third kappa shape index (κ3) is 8.19. The van der Waals surface area contributed by atoms with Crippen molar-refractivity contribution in [1.29, 1.82) is 0 Å². The molecule has 10 atom stereocenters. The Kier molecular flexibility index (Phi) is 11.6. The van der Waals surface area contributed by atoms with Crippen LogP contribution in [0, 0.1) is 0 Å². The second-order valence-corrected chi connectivity index (χ2v) is 10.4. The normalized spacial score (nSPS) is 32.0. The summed E-state index contributed by atoms with van der Waals surface area (Å²) in [7, 11) is 0. The van der Waals surface area contributed by atoms with Crippen molar-refractivity contribution in [2.75, 3.05) is 19.8 Å². The summed E-state index contributed by atoms with van der Waals surface area (Å²) in [6.07, 6.45) is -14.0. The van der Waals surface area contributed by atoms with E-state index in [1.165, 1.54) is 42.5 Å². The third-order valence-electron chi connectivity index (χ3n) is 7.31. The van der Waals surface area contributed by atoms with Crippen LogP contribution in [-0.2, 0) is 34.9 Å². The van der Waals surface area contributed by atoms with Crippen LogP contribution >= 0.6 is 0 Å². The highest BCUT2D eigenvalue weighted by molar-refractivity contribution is 5.87. The number of phenolic OH excluding ortho intramolecular Hbond substituents is 4. The molecule has 0 amide bonds. The molecular weight excluding hydrogens is 604 g/mol. The number of rotatable bonds is 11. The molecule has 0 unspecified atom stereocenters. The molecule has 45 heavy (non-hydrogen) atoms. The first-order valence-electron chi connectivity index (χ1n) is 13.9. The van der Waals surface area contributed by atoms with Gasteiger partial charge in [-0.25, -0.2) is 4.79 Å². The van der Waals surface area contributed by atoms with Crippen molar-refractivity contribution in [1.82, 2.24) is 0 Å². The topological polar surface area (TPSA) is 266 Å². The summed E-state index contributed by atoms with van der Waals surface area (Å²) in [5, 5.41) is 100. The summed E-state index contributed by atoms with van der Waals surface area (Å²) in [5.41, 5.74) is 0.870. The lowest BCUT2D eigenvalue weighted by Gasteiger charge is -2.46. The van der Waals surface area contributed by atoms with Crippen molar-refractivity contribution >= 4 is 12.0 Å². The van der Waals surface area contributed by atoms with Crippen molar-refractivity contribution < 1.29 is 79.5 Å². The SMILES string of the molecule is O=C(C=Cc1ccc(O)c(O)c1)O[C@H]1[C@H](O[C@@H]2O[C@H](CO)[C@@H](O)[C@@H](O)[C@H]2O)[C@@H](O)[C@H](OCCc2ccc(O)c(O)c2)O[C@@H]1CO. The number of aromatic hydroxyl groups is 4. The summed E-state index contributed by atoms with van der Waals surface area (Å²) in [6, 6.07) is 7.88. The molecule has 4 rings (SSSR count). The van der Waals surface area contributed by atoms with E-state index in [9.17, 15) is 55.9 Å². The van der Waals surface area contributed by atoms with Crippen LogP contribution < -0.4 is 0 Å². The molecular formula is C29H36O16. The second kappa shape index (κ2) is 15.2. The molecule has 2 saturated heterocycles. The largest absolute Gasteiger partial charge is 0.504 e. The minimum atomic E-state index is -1.88.